The van der Waals surface area contributed by atoms with Crippen LogP contribution < -0.4 is 5.32 Å². The predicted octanol–water partition coefficient (Wildman–Crippen LogP) is 5.04. The molecule has 0 aromatic heterocycles. The Labute approximate surface area is 240 Å². The second-order valence-electron chi connectivity index (χ2n) is 8.45. The van der Waals surface area contributed by atoms with Crippen molar-refractivity contribution in [3.8, 4) is 0 Å². The largest absolute Gasteiger partial charge is 0.353 e. The van der Waals surface area contributed by atoms with Crippen LogP contribution in [0.15, 0.2) is 88.7 Å². The van der Waals surface area contributed by atoms with E-state index < -0.39 is 33.6 Å². The third-order valence-electron chi connectivity index (χ3n) is 5.67. The highest BCUT2D eigenvalue weighted by Crippen LogP contribution is 2.32. The lowest BCUT2D eigenvalue weighted by atomic mass is 10.2. The van der Waals surface area contributed by atoms with Crippen molar-refractivity contribution < 1.29 is 22.8 Å². The number of carbonyl (C=O) groups is 3. The molecular weight excluding hydrogens is 581 g/mol. The van der Waals surface area contributed by atoms with Gasteiger partial charge in [-0.25, -0.2) is 8.42 Å². The second-order valence-corrected chi connectivity index (χ2v) is 12.3. The standard InChI is InChI=1S/C27H23Cl2N3O5S2/c28-21-8-6-19(7-9-21)16-24-26(34)32(27(35)38-24)15-14-30-25(33)18-31(17-20-4-2-1-3-5-20)39(36,37)23-12-10-22(29)11-13-23/h1-13,16H,14-15,17-18H2,(H,30,33)/b24-16-. The summed E-state index contributed by atoms with van der Waals surface area (Å²) < 4.78 is 27.8. The van der Waals surface area contributed by atoms with Crippen molar-refractivity contribution in [2.24, 2.45) is 0 Å². The van der Waals surface area contributed by atoms with Crippen molar-refractivity contribution >= 4 is 68.1 Å². The third-order valence-corrected chi connectivity index (χ3v) is 8.89. The molecule has 0 saturated carbocycles. The Morgan fingerprint density at radius 3 is 2.18 bits per heavy atom. The summed E-state index contributed by atoms with van der Waals surface area (Å²) in [5.74, 6) is -1.04. The maximum absolute atomic E-state index is 13.3. The highest BCUT2D eigenvalue weighted by molar-refractivity contribution is 8.18. The van der Waals surface area contributed by atoms with Gasteiger partial charge in [-0.3, -0.25) is 19.3 Å². The molecule has 3 aromatic rings. The fourth-order valence-corrected chi connectivity index (χ4v) is 6.20. The van der Waals surface area contributed by atoms with Gasteiger partial charge in [-0.1, -0.05) is 65.7 Å². The van der Waals surface area contributed by atoms with Crippen LogP contribution in [0.5, 0.6) is 0 Å². The first kappa shape index (κ1) is 28.8. The second kappa shape index (κ2) is 12.8. The molecule has 0 radical (unpaired) electrons. The first-order valence-electron chi connectivity index (χ1n) is 11.7. The molecule has 0 bridgehead atoms. The Morgan fingerprint density at radius 1 is 0.923 bits per heavy atom. The lowest BCUT2D eigenvalue weighted by Crippen LogP contribution is -2.43. The van der Waals surface area contributed by atoms with Crippen LogP contribution in [0.1, 0.15) is 11.1 Å². The third kappa shape index (κ3) is 7.49. The molecule has 1 heterocycles. The number of imide groups is 1. The maximum atomic E-state index is 13.3. The molecule has 202 valence electrons. The number of halogens is 2. The summed E-state index contributed by atoms with van der Waals surface area (Å²) in [4.78, 5) is 39.2. The van der Waals surface area contributed by atoms with Crippen LogP contribution in [0, 0.1) is 0 Å². The quantitative estimate of drug-likeness (QED) is 0.326. The van der Waals surface area contributed by atoms with Gasteiger partial charge < -0.3 is 5.32 Å². The van der Waals surface area contributed by atoms with E-state index in [4.69, 9.17) is 23.2 Å². The lowest BCUT2D eigenvalue weighted by molar-refractivity contribution is -0.124. The fourth-order valence-electron chi connectivity index (χ4n) is 3.69. The summed E-state index contributed by atoms with van der Waals surface area (Å²) in [5.41, 5.74) is 1.42. The van der Waals surface area contributed by atoms with Gasteiger partial charge in [0, 0.05) is 29.7 Å². The molecule has 8 nitrogen and oxygen atoms in total. The number of hydrogen-bond donors (Lipinski definition) is 1. The molecule has 0 atom stereocenters. The normalized spacial score (nSPS) is 14.8. The number of benzene rings is 3. The Kier molecular flexibility index (Phi) is 9.47. The summed E-state index contributed by atoms with van der Waals surface area (Å²) in [6, 6.07) is 21.4. The van der Waals surface area contributed by atoms with E-state index in [1.807, 2.05) is 6.07 Å². The van der Waals surface area contributed by atoms with Gasteiger partial charge in [-0.2, -0.15) is 4.31 Å². The van der Waals surface area contributed by atoms with Gasteiger partial charge in [0.15, 0.2) is 0 Å². The predicted molar refractivity (Wildman–Crippen MR) is 153 cm³/mol. The molecule has 1 N–H and O–H groups in total. The van der Waals surface area contributed by atoms with Gasteiger partial charge in [0.05, 0.1) is 16.3 Å². The molecule has 3 aromatic carbocycles. The number of nitrogens with one attached hydrogen (secondary N) is 1. The van der Waals surface area contributed by atoms with E-state index in [1.165, 1.54) is 24.3 Å². The van der Waals surface area contributed by atoms with E-state index in [-0.39, 0.29) is 29.4 Å². The van der Waals surface area contributed by atoms with E-state index in [2.05, 4.69) is 5.32 Å². The average molecular weight is 605 g/mol. The molecule has 39 heavy (non-hydrogen) atoms. The van der Waals surface area contributed by atoms with E-state index in [1.54, 1.807) is 54.6 Å². The zero-order chi connectivity index (χ0) is 28.0. The number of hydrogen-bond acceptors (Lipinski definition) is 6. The van der Waals surface area contributed by atoms with E-state index in [0.717, 1.165) is 26.5 Å². The first-order valence-corrected chi connectivity index (χ1v) is 14.7. The highest BCUT2D eigenvalue weighted by atomic mass is 35.5. The first-order chi connectivity index (χ1) is 18.6. The summed E-state index contributed by atoms with van der Waals surface area (Å²) in [6.07, 6.45) is 1.60. The molecule has 0 spiro atoms. The minimum Gasteiger partial charge on any atom is -0.353 e. The van der Waals surface area contributed by atoms with Crippen LogP contribution in [-0.4, -0.2) is 54.3 Å². The van der Waals surface area contributed by atoms with Crippen molar-refractivity contribution in [2.45, 2.75) is 11.4 Å². The van der Waals surface area contributed by atoms with Gasteiger partial charge in [-0.05, 0) is 65.4 Å². The maximum Gasteiger partial charge on any atom is 0.293 e. The molecule has 0 unspecified atom stereocenters. The van der Waals surface area contributed by atoms with E-state index in [9.17, 15) is 22.8 Å². The van der Waals surface area contributed by atoms with Crippen molar-refractivity contribution in [1.29, 1.82) is 0 Å². The molecule has 1 aliphatic rings. The zero-order valence-electron chi connectivity index (χ0n) is 20.4. The Balaban J connectivity index is 1.40. The van der Waals surface area contributed by atoms with Crippen molar-refractivity contribution in [3.05, 3.63) is 105 Å². The summed E-state index contributed by atoms with van der Waals surface area (Å²) in [7, 11) is -4.03. The minimum atomic E-state index is -4.03. The Morgan fingerprint density at radius 2 is 1.54 bits per heavy atom. The number of nitrogens with zero attached hydrogens (tertiary/aromatic N) is 2. The smallest absolute Gasteiger partial charge is 0.293 e. The minimum absolute atomic E-state index is 0.000852. The average Bonchev–Trinajstić information content (AvgIpc) is 3.17. The zero-order valence-corrected chi connectivity index (χ0v) is 23.6. The van der Waals surface area contributed by atoms with Crippen LogP contribution in [0.25, 0.3) is 6.08 Å². The van der Waals surface area contributed by atoms with Gasteiger partial charge in [0.1, 0.15) is 0 Å². The van der Waals surface area contributed by atoms with Gasteiger partial charge in [0.25, 0.3) is 11.1 Å². The molecule has 1 fully saturated rings. The molecule has 0 aliphatic carbocycles. The molecule has 1 aliphatic heterocycles. The van der Waals surface area contributed by atoms with E-state index in [0.29, 0.717) is 15.6 Å². The van der Waals surface area contributed by atoms with Crippen LogP contribution >= 0.6 is 35.0 Å². The van der Waals surface area contributed by atoms with Gasteiger partial charge >= 0.3 is 0 Å². The van der Waals surface area contributed by atoms with Gasteiger partial charge in [-0.15, -0.1) is 0 Å². The lowest BCUT2D eigenvalue weighted by Gasteiger charge is -2.22. The van der Waals surface area contributed by atoms with Gasteiger partial charge in [0.2, 0.25) is 15.9 Å². The van der Waals surface area contributed by atoms with Crippen molar-refractivity contribution in [2.75, 3.05) is 19.6 Å². The van der Waals surface area contributed by atoms with Crippen LogP contribution in [0.3, 0.4) is 0 Å². The molecule has 3 amide bonds. The van der Waals surface area contributed by atoms with Crippen molar-refractivity contribution in [1.82, 2.24) is 14.5 Å². The summed E-state index contributed by atoms with van der Waals surface area (Å²) >= 11 is 12.6. The number of sulfonamides is 1. The summed E-state index contributed by atoms with van der Waals surface area (Å²) in [5, 5.41) is 3.10. The SMILES string of the molecule is O=C(CN(Cc1ccccc1)S(=O)(=O)c1ccc(Cl)cc1)NCCN1C(=O)S/C(=C\c2ccc(Cl)cc2)C1=O. The molecule has 1 saturated heterocycles. The number of thioether (sulfide) groups is 1. The van der Waals surface area contributed by atoms with Crippen molar-refractivity contribution in [3.63, 3.8) is 0 Å². The Bertz CT molecular complexity index is 1500. The summed E-state index contributed by atoms with van der Waals surface area (Å²) in [6.45, 7) is -0.585. The topological polar surface area (TPSA) is 104 Å². The van der Waals surface area contributed by atoms with Crippen LogP contribution in [0.2, 0.25) is 10.0 Å². The molecule has 4 rings (SSSR count). The number of rotatable bonds is 10. The van der Waals surface area contributed by atoms with Crippen LogP contribution in [0.4, 0.5) is 4.79 Å². The number of carbonyl (C=O) groups excluding carboxylic acids is 3. The molecular formula is C27H23Cl2N3O5S2. The Hall–Kier alpha value is -3.15. The fraction of sp³-hybridized carbons (Fsp3) is 0.148. The highest BCUT2D eigenvalue weighted by Gasteiger charge is 2.35. The van der Waals surface area contributed by atoms with E-state index >= 15 is 0 Å². The van der Waals surface area contributed by atoms with Crippen LogP contribution in [-0.2, 0) is 26.2 Å². The number of amides is 3. The molecule has 12 heteroatoms. The monoisotopic (exact) mass is 603 g/mol.